The summed E-state index contributed by atoms with van der Waals surface area (Å²) in [6.07, 6.45) is 1.76. The number of alkyl halides is 1. The van der Waals surface area contributed by atoms with Crippen molar-refractivity contribution in [3.8, 4) is 0 Å². The summed E-state index contributed by atoms with van der Waals surface area (Å²) in [7, 11) is 0. The smallest absolute Gasteiger partial charge is 0.407 e. The van der Waals surface area contributed by atoms with Crippen LogP contribution in [0, 0.1) is 0 Å². The first-order valence-corrected chi connectivity index (χ1v) is 7.51. The van der Waals surface area contributed by atoms with Gasteiger partial charge in [-0.25, -0.2) is 4.79 Å². The lowest BCUT2D eigenvalue weighted by Crippen LogP contribution is -2.38. The second-order valence-electron chi connectivity index (χ2n) is 4.83. The van der Waals surface area contributed by atoms with E-state index in [-0.39, 0.29) is 18.2 Å². The minimum atomic E-state index is -0.326. The molecule has 1 aromatic rings. The normalized spacial score (nSPS) is 22.4. The third-order valence-corrected chi connectivity index (χ3v) is 4.40. The van der Waals surface area contributed by atoms with Gasteiger partial charge in [-0.3, -0.25) is 0 Å². The number of amides is 1. The molecule has 1 aliphatic rings. The van der Waals surface area contributed by atoms with Crippen LogP contribution >= 0.6 is 22.6 Å². The Morgan fingerprint density at radius 2 is 2.17 bits per heavy atom. The molecule has 0 heterocycles. The van der Waals surface area contributed by atoms with Crippen LogP contribution in [0.15, 0.2) is 24.3 Å². The van der Waals surface area contributed by atoms with Crippen molar-refractivity contribution in [3.05, 3.63) is 35.4 Å². The van der Waals surface area contributed by atoms with Crippen molar-refractivity contribution in [1.29, 1.82) is 0 Å². The number of aryl methyl sites for hydroxylation is 1. The molecule has 1 N–H and O–H groups in total. The molecule has 0 unspecified atom stereocenters. The van der Waals surface area contributed by atoms with Crippen molar-refractivity contribution in [2.24, 2.45) is 0 Å². The molecule has 0 fully saturated rings. The van der Waals surface area contributed by atoms with Crippen LogP contribution in [-0.2, 0) is 11.2 Å². The predicted octanol–water partition coefficient (Wildman–Crippen LogP) is 3.61. The molecule has 2 atom stereocenters. The van der Waals surface area contributed by atoms with E-state index in [1.165, 1.54) is 11.1 Å². The average Bonchev–Trinajstić information content (AvgIpc) is 2.32. The third kappa shape index (κ3) is 3.16. The fourth-order valence-electron chi connectivity index (χ4n) is 2.26. The standard InChI is InChI=1S/C14H18INO2/c1-9(2)18-14(17)16-13-11-6-4-3-5-10(11)7-8-12(13)15/h3-6,9,12-13H,7-8H2,1-2H3,(H,16,17)/t12-,13-/m1/s1. The first kappa shape index (κ1) is 13.6. The van der Waals surface area contributed by atoms with Gasteiger partial charge < -0.3 is 10.1 Å². The summed E-state index contributed by atoms with van der Waals surface area (Å²) in [6, 6.07) is 8.37. The number of ether oxygens (including phenoxy) is 1. The molecule has 0 saturated carbocycles. The number of nitrogens with one attached hydrogen (secondary N) is 1. The van der Waals surface area contributed by atoms with E-state index in [4.69, 9.17) is 4.74 Å². The maximum atomic E-state index is 11.7. The monoisotopic (exact) mass is 359 g/mol. The number of benzene rings is 1. The van der Waals surface area contributed by atoms with Gasteiger partial charge in [0.2, 0.25) is 0 Å². The van der Waals surface area contributed by atoms with Crippen LogP contribution in [0.5, 0.6) is 0 Å². The van der Waals surface area contributed by atoms with E-state index >= 15 is 0 Å². The minimum absolute atomic E-state index is 0.0572. The van der Waals surface area contributed by atoms with E-state index in [0.717, 1.165) is 12.8 Å². The number of halogens is 1. The van der Waals surface area contributed by atoms with Gasteiger partial charge in [0, 0.05) is 3.92 Å². The first-order valence-electron chi connectivity index (χ1n) is 6.27. The lowest BCUT2D eigenvalue weighted by Gasteiger charge is -2.30. The fraction of sp³-hybridized carbons (Fsp3) is 0.500. The molecule has 1 aromatic carbocycles. The van der Waals surface area contributed by atoms with Gasteiger partial charge in [0.05, 0.1) is 12.1 Å². The summed E-state index contributed by atoms with van der Waals surface area (Å²) < 4.78 is 5.58. The van der Waals surface area contributed by atoms with E-state index in [1.807, 2.05) is 19.9 Å². The molecule has 0 aliphatic heterocycles. The van der Waals surface area contributed by atoms with Crippen molar-refractivity contribution in [2.45, 2.75) is 42.8 Å². The summed E-state index contributed by atoms with van der Waals surface area (Å²) in [5.74, 6) is 0. The Labute approximate surface area is 121 Å². The van der Waals surface area contributed by atoms with Gasteiger partial charge in [0.15, 0.2) is 0 Å². The molecule has 1 aliphatic carbocycles. The Kier molecular flexibility index (Phi) is 4.48. The number of rotatable bonds is 2. The van der Waals surface area contributed by atoms with Crippen LogP contribution in [0.3, 0.4) is 0 Å². The van der Waals surface area contributed by atoms with Crippen molar-refractivity contribution in [1.82, 2.24) is 5.32 Å². The highest BCUT2D eigenvalue weighted by atomic mass is 127. The van der Waals surface area contributed by atoms with Crippen molar-refractivity contribution in [3.63, 3.8) is 0 Å². The quantitative estimate of drug-likeness (QED) is 0.647. The van der Waals surface area contributed by atoms with Gasteiger partial charge >= 0.3 is 6.09 Å². The molecule has 3 nitrogen and oxygen atoms in total. The molecule has 4 heteroatoms. The van der Waals surface area contributed by atoms with Gasteiger partial charge in [0.1, 0.15) is 0 Å². The Hall–Kier alpha value is -0.780. The molecular weight excluding hydrogens is 341 g/mol. The number of carbonyl (C=O) groups excluding carboxylic acids is 1. The Balaban J connectivity index is 2.14. The summed E-state index contributed by atoms with van der Waals surface area (Å²) in [6.45, 7) is 3.71. The number of hydrogen-bond donors (Lipinski definition) is 1. The van der Waals surface area contributed by atoms with E-state index < -0.39 is 0 Å². The first-order chi connectivity index (χ1) is 8.58. The summed E-state index contributed by atoms with van der Waals surface area (Å²) in [4.78, 5) is 11.7. The lowest BCUT2D eigenvalue weighted by atomic mass is 9.88. The molecule has 0 spiro atoms. The van der Waals surface area contributed by atoms with Gasteiger partial charge in [0.25, 0.3) is 0 Å². The van der Waals surface area contributed by atoms with Crippen LogP contribution in [-0.4, -0.2) is 16.1 Å². The molecule has 18 heavy (non-hydrogen) atoms. The maximum absolute atomic E-state index is 11.7. The molecule has 0 bridgehead atoms. The second-order valence-corrected chi connectivity index (χ2v) is 6.43. The van der Waals surface area contributed by atoms with Gasteiger partial charge in [-0.1, -0.05) is 46.9 Å². The van der Waals surface area contributed by atoms with E-state index in [2.05, 4.69) is 46.1 Å². The average molecular weight is 359 g/mol. The van der Waals surface area contributed by atoms with Crippen molar-refractivity contribution >= 4 is 28.7 Å². The third-order valence-electron chi connectivity index (χ3n) is 3.06. The second kappa shape index (κ2) is 5.91. The fourth-order valence-corrected chi connectivity index (χ4v) is 3.14. The van der Waals surface area contributed by atoms with Crippen LogP contribution < -0.4 is 5.32 Å². The highest BCUT2D eigenvalue weighted by molar-refractivity contribution is 14.1. The lowest BCUT2D eigenvalue weighted by molar-refractivity contribution is 0.111. The molecule has 0 aromatic heterocycles. The van der Waals surface area contributed by atoms with Crippen molar-refractivity contribution in [2.75, 3.05) is 0 Å². The highest BCUT2D eigenvalue weighted by Gasteiger charge is 2.29. The molecule has 0 radical (unpaired) electrons. The zero-order chi connectivity index (χ0) is 13.1. The molecule has 2 rings (SSSR count). The number of carbonyl (C=O) groups is 1. The predicted molar refractivity (Wildman–Crippen MR) is 80.1 cm³/mol. The van der Waals surface area contributed by atoms with Gasteiger partial charge in [-0.2, -0.15) is 0 Å². The Morgan fingerprint density at radius 3 is 2.89 bits per heavy atom. The van der Waals surface area contributed by atoms with E-state index in [9.17, 15) is 4.79 Å². The SMILES string of the molecule is CC(C)OC(=O)N[C@@H]1c2ccccc2CC[C@H]1I. The van der Waals surface area contributed by atoms with Crippen LogP contribution in [0.1, 0.15) is 37.4 Å². The summed E-state index contributed by atoms with van der Waals surface area (Å²) >= 11 is 2.41. The molecular formula is C14H18INO2. The Morgan fingerprint density at radius 1 is 1.44 bits per heavy atom. The molecule has 0 saturated heterocycles. The van der Waals surface area contributed by atoms with Crippen LogP contribution in [0.25, 0.3) is 0 Å². The highest BCUT2D eigenvalue weighted by Crippen LogP contribution is 2.34. The van der Waals surface area contributed by atoms with Crippen LogP contribution in [0.2, 0.25) is 0 Å². The minimum Gasteiger partial charge on any atom is -0.447 e. The molecule has 1 amide bonds. The van der Waals surface area contributed by atoms with Gasteiger partial charge in [-0.15, -0.1) is 0 Å². The molecule has 98 valence electrons. The number of hydrogen-bond acceptors (Lipinski definition) is 2. The zero-order valence-electron chi connectivity index (χ0n) is 10.7. The summed E-state index contributed by atoms with van der Waals surface area (Å²) in [5.41, 5.74) is 2.56. The number of alkyl carbamates (subject to hydrolysis) is 1. The van der Waals surface area contributed by atoms with E-state index in [0.29, 0.717) is 3.92 Å². The summed E-state index contributed by atoms with van der Waals surface area (Å²) in [5, 5.41) is 2.99. The Bertz CT molecular complexity index is 434. The van der Waals surface area contributed by atoms with Crippen molar-refractivity contribution < 1.29 is 9.53 Å². The zero-order valence-corrected chi connectivity index (χ0v) is 12.8. The topological polar surface area (TPSA) is 38.3 Å². The van der Waals surface area contributed by atoms with E-state index in [1.54, 1.807) is 0 Å². The van der Waals surface area contributed by atoms with Crippen LogP contribution in [0.4, 0.5) is 4.79 Å². The van der Waals surface area contributed by atoms with Gasteiger partial charge in [-0.05, 0) is 37.8 Å². The number of fused-ring (bicyclic) bond motifs is 1. The maximum Gasteiger partial charge on any atom is 0.407 e. The largest absolute Gasteiger partial charge is 0.447 e.